The van der Waals surface area contributed by atoms with Crippen molar-refractivity contribution in [2.45, 2.75) is 25.5 Å². The minimum absolute atomic E-state index is 0.0265. The fourth-order valence-corrected chi connectivity index (χ4v) is 1.95. The molecule has 0 aromatic carbocycles. The van der Waals surface area contributed by atoms with Crippen LogP contribution in [-0.2, 0) is 14.3 Å². The molecule has 2 aliphatic heterocycles. The lowest BCUT2D eigenvalue weighted by molar-refractivity contribution is -0.134. The molecule has 0 saturated carbocycles. The third-order valence-corrected chi connectivity index (χ3v) is 2.52. The lowest BCUT2D eigenvalue weighted by Gasteiger charge is -2.19. The molecular weight excluding hydrogens is 158 g/mol. The number of rotatable bonds is 0. The first-order valence-electron chi connectivity index (χ1n) is 4.11. The van der Waals surface area contributed by atoms with Crippen molar-refractivity contribution in [1.82, 2.24) is 4.90 Å². The highest BCUT2D eigenvalue weighted by molar-refractivity contribution is 5.92. The first kappa shape index (κ1) is 7.73. The predicted octanol–water partition coefficient (Wildman–Crippen LogP) is -0.425. The zero-order chi connectivity index (χ0) is 8.72. The predicted molar refractivity (Wildman–Crippen MR) is 40.5 cm³/mol. The van der Waals surface area contributed by atoms with Crippen molar-refractivity contribution in [1.29, 1.82) is 0 Å². The molecule has 66 valence electrons. The molecule has 2 saturated heterocycles. The highest BCUT2D eigenvalue weighted by atomic mass is 16.5. The number of amides is 1. The van der Waals surface area contributed by atoms with Crippen molar-refractivity contribution >= 4 is 11.7 Å². The quantitative estimate of drug-likeness (QED) is 0.494. The van der Waals surface area contributed by atoms with Gasteiger partial charge in [0, 0.05) is 13.5 Å². The Hall–Kier alpha value is -0.900. The summed E-state index contributed by atoms with van der Waals surface area (Å²) >= 11 is 0. The minimum Gasteiger partial charge on any atom is -0.368 e. The van der Waals surface area contributed by atoms with Crippen molar-refractivity contribution in [3.8, 4) is 0 Å². The number of ketones is 1. The van der Waals surface area contributed by atoms with Gasteiger partial charge in [0.2, 0.25) is 5.91 Å². The smallest absolute Gasteiger partial charge is 0.220 e. The number of carbonyl (C=O) groups excluding carboxylic acids is 2. The summed E-state index contributed by atoms with van der Waals surface area (Å²) < 4.78 is 5.23. The van der Waals surface area contributed by atoms with Gasteiger partial charge in [-0.2, -0.15) is 0 Å². The van der Waals surface area contributed by atoms with Crippen molar-refractivity contribution in [3.05, 3.63) is 0 Å². The van der Waals surface area contributed by atoms with Gasteiger partial charge < -0.3 is 9.64 Å². The van der Waals surface area contributed by atoms with Gasteiger partial charge in [0.25, 0.3) is 0 Å². The molecule has 12 heavy (non-hydrogen) atoms. The van der Waals surface area contributed by atoms with Crippen LogP contribution in [0.2, 0.25) is 0 Å². The van der Waals surface area contributed by atoms with E-state index in [0.717, 1.165) is 6.42 Å². The molecular formula is C8H11NO3. The van der Waals surface area contributed by atoms with Crippen LogP contribution < -0.4 is 0 Å². The van der Waals surface area contributed by atoms with Crippen LogP contribution in [0.4, 0.5) is 0 Å². The van der Waals surface area contributed by atoms with Crippen LogP contribution in [0.5, 0.6) is 0 Å². The molecule has 0 aliphatic carbocycles. The highest BCUT2D eigenvalue weighted by Crippen LogP contribution is 2.26. The number of carbonyl (C=O) groups is 2. The summed E-state index contributed by atoms with van der Waals surface area (Å²) in [5, 5.41) is 0. The van der Waals surface area contributed by atoms with E-state index in [-0.39, 0.29) is 30.4 Å². The highest BCUT2D eigenvalue weighted by Gasteiger charge is 2.45. The van der Waals surface area contributed by atoms with Crippen molar-refractivity contribution < 1.29 is 14.3 Å². The van der Waals surface area contributed by atoms with E-state index in [2.05, 4.69) is 0 Å². The van der Waals surface area contributed by atoms with Crippen LogP contribution in [0, 0.1) is 0 Å². The maximum atomic E-state index is 11.3. The molecule has 0 radical (unpaired) electrons. The lowest BCUT2D eigenvalue weighted by atomic mass is 10.1. The third kappa shape index (κ3) is 0.948. The lowest BCUT2D eigenvalue weighted by Crippen LogP contribution is -2.40. The number of nitrogens with zero attached hydrogens (tertiary/aromatic N) is 1. The first-order valence-corrected chi connectivity index (χ1v) is 4.11. The van der Waals surface area contributed by atoms with E-state index < -0.39 is 0 Å². The van der Waals surface area contributed by atoms with Gasteiger partial charge in [-0.05, 0) is 6.42 Å². The molecule has 2 aliphatic rings. The normalized spacial score (nSPS) is 34.1. The summed E-state index contributed by atoms with van der Waals surface area (Å²) in [6.45, 7) is 2.34. The topological polar surface area (TPSA) is 46.6 Å². The molecule has 4 nitrogen and oxygen atoms in total. The molecule has 2 rings (SSSR count). The molecule has 0 aromatic heterocycles. The van der Waals surface area contributed by atoms with Crippen LogP contribution in [0.25, 0.3) is 0 Å². The average molecular weight is 169 g/mol. The Bertz CT molecular complexity index is 238. The van der Waals surface area contributed by atoms with E-state index in [4.69, 9.17) is 4.74 Å². The molecule has 2 fully saturated rings. The van der Waals surface area contributed by atoms with Gasteiger partial charge in [0.15, 0.2) is 5.78 Å². The van der Waals surface area contributed by atoms with Gasteiger partial charge in [0.05, 0.1) is 6.10 Å². The Morgan fingerprint density at radius 2 is 2.42 bits per heavy atom. The van der Waals surface area contributed by atoms with E-state index in [0.29, 0.717) is 6.54 Å². The fourth-order valence-electron chi connectivity index (χ4n) is 1.95. The second-order valence-corrected chi connectivity index (χ2v) is 3.26. The van der Waals surface area contributed by atoms with E-state index in [1.807, 2.05) is 0 Å². The Labute approximate surface area is 70.5 Å². The Morgan fingerprint density at radius 3 is 3.08 bits per heavy atom. The van der Waals surface area contributed by atoms with Gasteiger partial charge >= 0.3 is 0 Å². The van der Waals surface area contributed by atoms with Gasteiger partial charge in [-0.15, -0.1) is 0 Å². The van der Waals surface area contributed by atoms with Crippen LogP contribution in [0.15, 0.2) is 0 Å². The number of hydrogen-bond acceptors (Lipinski definition) is 3. The van der Waals surface area contributed by atoms with Gasteiger partial charge in [-0.25, -0.2) is 0 Å². The number of fused-ring (bicyclic) bond motifs is 1. The Balaban J connectivity index is 2.19. The van der Waals surface area contributed by atoms with E-state index in [1.54, 1.807) is 4.90 Å². The molecule has 0 N–H and O–H groups in total. The molecule has 2 heterocycles. The van der Waals surface area contributed by atoms with Crippen LogP contribution >= 0.6 is 0 Å². The second-order valence-electron chi connectivity index (χ2n) is 3.26. The van der Waals surface area contributed by atoms with E-state index >= 15 is 0 Å². The monoisotopic (exact) mass is 169 g/mol. The van der Waals surface area contributed by atoms with Crippen molar-refractivity contribution in [2.75, 3.05) is 13.2 Å². The zero-order valence-electron chi connectivity index (χ0n) is 6.95. The molecule has 0 bridgehead atoms. The maximum absolute atomic E-state index is 11.3. The molecule has 1 amide bonds. The summed E-state index contributed by atoms with van der Waals surface area (Å²) in [6, 6.07) is -0.275. The molecule has 2 atom stereocenters. The zero-order valence-corrected chi connectivity index (χ0v) is 6.95. The number of likely N-dealkylation sites (tertiary alicyclic amines) is 1. The van der Waals surface area contributed by atoms with Gasteiger partial charge in [0.1, 0.15) is 12.6 Å². The third-order valence-electron chi connectivity index (χ3n) is 2.52. The summed E-state index contributed by atoms with van der Waals surface area (Å²) in [5.41, 5.74) is 0. The molecule has 1 unspecified atom stereocenters. The Morgan fingerprint density at radius 1 is 1.67 bits per heavy atom. The molecule has 4 heteroatoms. The number of ether oxygens (including phenoxy) is 1. The van der Waals surface area contributed by atoms with E-state index in [1.165, 1.54) is 6.92 Å². The molecule has 0 spiro atoms. The molecule has 0 aromatic rings. The van der Waals surface area contributed by atoms with Crippen molar-refractivity contribution in [2.24, 2.45) is 0 Å². The first-order chi connectivity index (χ1) is 5.70. The SMILES string of the molecule is CC(=O)N1CC[C@H]2OCC(=O)C21. The summed E-state index contributed by atoms with van der Waals surface area (Å²) in [5.74, 6) is 0.0223. The Kier molecular flexibility index (Phi) is 1.65. The standard InChI is InChI=1S/C8H11NO3/c1-5(10)9-3-2-7-8(9)6(11)4-12-7/h7-8H,2-4H2,1H3/t7-,8?/m1/s1. The summed E-state index contributed by atoms with van der Waals surface area (Å²) in [4.78, 5) is 23.9. The average Bonchev–Trinajstić information content (AvgIpc) is 2.53. The van der Waals surface area contributed by atoms with Crippen LogP contribution in [0.1, 0.15) is 13.3 Å². The van der Waals surface area contributed by atoms with Crippen LogP contribution in [-0.4, -0.2) is 41.9 Å². The van der Waals surface area contributed by atoms with Crippen LogP contribution in [0.3, 0.4) is 0 Å². The largest absolute Gasteiger partial charge is 0.368 e. The minimum atomic E-state index is -0.275. The number of Topliss-reactive ketones (excluding diaryl/α,β-unsaturated/α-hetero) is 1. The van der Waals surface area contributed by atoms with E-state index in [9.17, 15) is 9.59 Å². The second kappa shape index (κ2) is 2.55. The van der Waals surface area contributed by atoms with Gasteiger partial charge in [-0.3, -0.25) is 9.59 Å². The van der Waals surface area contributed by atoms with Crippen molar-refractivity contribution in [3.63, 3.8) is 0 Å². The summed E-state index contributed by atoms with van der Waals surface area (Å²) in [7, 11) is 0. The summed E-state index contributed by atoms with van der Waals surface area (Å²) in [6.07, 6.45) is 0.775. The number of hydrogen-bond donors (Lipinski definition) is 0. The van der Waals surface area contributed by atoms with Gasteiger partial charge in [-0.1, -0.05) is 0 Å². The maximum Gasteiger partial charge on any atom is 0.220 e. The fraction of sp³-hybridized carbons (Fsp3) is 0.750.